The van der Waals surface area contributed by atoms with Crippen LogP contribution in [-0.2, 0) is 4.79 Å². The lowest BCUT2D eigenvalue weighted by Crippen LogP contribution is -2.48. The van der Waals surface area contributed by atoms with Crippen molar-refractivity contribution in [2.24, 2.45) is 0 Å². The van der Waals surface area contributed by atoms with Gasteiger partial charge in [-0.25, -0.2) is 0 Å². The molecule has 1 aliphatic heterocycles. The zero-order valence-corrected chi connectivity index (χ0v) is 8.29. The van der Waals surface area contributed by atoms with Gasteiger partial charge in [-0.2, -0.15) is 0 Å². The van der Waals surface area contributed by atoms with Gasteiger partial charge in [-0.3, -0.25) is 9.69 Å². The van der Waals surface area contributed by atoms with Crippen LogP contribution in [-0.4, -0.2) is 48.2 Å². The first-order chi connectivity index (χ1) is 6.13. The Balaban J connectivity index is 2.41. The summed E-state index contributed by atoms with van der Waals surface area (Å²) in [4.78, 5) is 13.1. The molecule has 1 aliphatic rings. The van der Waals surface area contributed by atoms with Crippen LogP contribution in [0.4, 0.5) is 0 Å². The normalized spacial score (nSPS) is 30.1. The monoisotopic (exact) mass is 186 g/mol. The minimum Gasteiger partial charge on any atom is -0.392 e. The van der Waals surface area contributed by atoms with Crippen molar-refractivity contribution in [3.8, 4) is 0 Å². The van der Waals surface area contributed by atoms with E-state index in [0.29, 0.717) is 19.1 Å². The quantitative estimate of drug-likeness (QED) is 0.615. The molecular weight excluding hydrogens is 168 g/mol. The minimum atomic E-state index is -0.263. The SMILES string of the molecule is CNC(=O)CN1CC(O)CCC1C. The maximum Gasteiger partial charge on any atom is 0.233 e. The first-order valence-electron chi connectivity index (χ1n) is 4.76. The lowest BCUT2D eigenvalue weighted by molar-refractivity contribution is -0.123. The molecule has 1 amide bonds. The van der Waals surface area contributed by atoms with Gasteiger partial charge in [0.2, 0.25) is 5.91 Å². The number of amides is 1. The fourth-order valence-electron chi connectivity index (χ4n) is 1.64. The van der Waals surface area contributed by atoms with Crippen molar-refractivity contribution < 1.29 is 9.90 Å². The molecular formula is C9H18N2O2. The highest BCUT2D eigenvalue weighted by Crippen LogP contribution is 2.16. The maximum atomic E-state index is 11.1. The summed E-state index contributed by atoms with van der Waals surface area (Å²) in [5.74, 6) is 0.0148. The second-order valence-corrected chi connectivity index (χ2v) is 3.68. The van der Waals surface area contributed by atoms with Crippen LogP contribution >= 0.6 is 0 Å². The van der Waals surface area contributed by atoms with Crippen LogP contribution in [0.2, 0.25) is 0 Å². The Kier molecular flexibility index (Phi) is 3.69. The molecule has 76 valence electrons. The number of likely N-dealkylation sites (tertiary alicyclic amines) is 1. The second kappa shape index (κ2) is 4.58. The van der Waals surface area contributed by atoms with Crippen LogP contribution in [0.1, 0.15) is 19.8 Å². The molecule has 1 fully saturated rings. The number of nitrogens with one attached hydrogen (secondary N) is 1. The molecule has 2 unspecified atom stereocenters. The Hall–Kier alpha value is -0.610. The van der Waals surface area contributed by atoms with E-state index in [1.807, 2.05) is 4.90 Å². The van der Waals surface area contributed by atoms with Gasteiger partial charge in [0, 0.05) is 19.6 Å². The van der Waals surface area contributed by atoms with Crippen LogP contribution < -0.4 is 5.32 Å². The van der Waals surface area contributed by atoms with Gasteiger partial charge in [0.05, 0.1) is 12.6 Å². The Morgan fingerprint density at radius 2 is 2.31 bits per heavy atom. The molecule has 4 heteroatoms. The number of β-amino-alcohol motifs (C(OH)–C–C–N with tert-alkyl or cyclic N) is 1. The molecule has 0 aromatic carbocycles. The van der Waals surface area contributed by atoms with E-state index in [4.69, 9.17) is 0 Å². The van der Waals surface area contributed by atoms with Crippen LogP contribution in [0.5, 0.6) is 0 Å². The lowest BCUT2D eigenvalue weighted by Gasteiger charge is -2.35. The molecule has 0 aromatic rings. The number of rotatable bonds is 2. The molecule has 0 spiro atoms. The summed E-state index contributed by atoms with van der Waals surface area (Å²) in [6, 6.07) is 0.403. The van der Waals surface area contributed by atoms with Crippen LogP contribution in [0, 0.1) is 0 Å². The van der Waals surface area contributed by atoms with Crippen molar-refractivity contribution in [2.45, 2.75) is 31.9 Å². The average Bonchev–Trinajstić information content (AvgIpc) is 2.11. The van der Waals surface area contributed by atoms with E-state index in [1.54, 1.807) is 7.05 Å². The highest BCUT2D eigenvalue weighted by atomic mass is 16.3. The summed E-state index contributed by atoms with van der Waals surface area (Å²) >= 11 is 0. The molecule has 4 nitrogen and oxygen atoms in total. The highest BCUT2D eigenvalue weighted by Gasteiger charge is 2.24. The van der Waals surface area contributed by atoms with Gasteiger partial charge in [0.25, 0.3) is 0 Å². The molecule has 1 saturated heterocycles. The first kappa shape index (κ1) is 10.5. The van der Waals surface area contributed by atoms with E-state index >= 15 is 0 Å². The topological polar surface area (TPSA) is 52.6 Å². The van der Waals surface area contributed by atoms with Gasteiger partial charge in [-0.15, -0.1) is 0 Å². The van der Waals surface area contributed by atoms with Crippen molar-refractivity contribution in [1.29, 1.82) is 0 Å². The largest absolute Gasteiger partial charge is 0.392 e. The number of hydrogen-bond acceptors (Lipinski definition) is 3. The molecule has 13 heavy (non-hydrogen) atoms. The highest BCUT2D eigenvalue weighted by molar-refractivity contribution is 5.77. The molecule has 0 aliphatic carbocycles. The predicted octanol–water partition coefficient (Wildman–Crippen LogP) is -0.422. The van der Waals surface area contributed by atoms with Gasteiger partial charge in [0.1, 0.15) is 0 Å². The number of carbonyl (C=O) groups is 1. The van der Waals surface area contributed by atoms with Gasteiger partial charge >= 0.3 is 0 Å². The number of aliphatic hydroxyl groups excluding tert-OH is 1. The van der Waals surface area contributed by atoms with Gasteiger partial charge in [-0.1, -0.05) is 0 Å². The summed E-state index contributed by atoms with van der Waals surface area (Å²) in [5, 5.41) is 12.0. The van der Waals surface area contributed by atoms with Crippen molar-refractivity contribution in [3.05, 3.63) is 0 Å². The van der Waals surface area contributed by atoms with Crippen LogP contribution in [0.3, 0.4) is 0 Å². The molecule has 0 bridgehead atoms. The van der Waals surface area contributed by atoms with E-state index in [-0.39, 0.29) is 12.0 Å². The Morgan fingerprint density at radius 1 is 1.62 bits per heavy atom. The second-order valence-electron chi connectivity index (χ2n) is 3.68. The van der Waals surface area contributed by atoms with E-state index in [2.05, 4.69) is 12.2 Å². The number of hydrogen-bond donors (Lipinski definition) is 2. The zero-order valence-electron chi connectivity index (χ0n) is 8.29. The fourth-order valence-corrected chi connectivity index (χ4v) is 1.64. The first-order valence-corrected chi connectivity index (χ1v) is 4.76. The van der Waals surface area contributed by atoms with Crippen LogP contribution in [0.15, 0.2) is 0 Å². The number of likely N-dealkylation sites (N-methyl/N-ethyl adjacent to an activating group) is 1. The summed E-state index contributed by atoms with van der Waals surface area (Å²) in [6.45, 7) is 3.11. The Bertz CT molecular complexity index is 184. The standard InChI is InChI=1S/C9H18N2O2/c1-7-3-4-8(12)5-11(7)6-9(13)10-2/h7-8,12H,3-6H2,1-2H3,(H,10,13). The smallest absolute Gasteiger partial charge is 0.233 e. The number of nitrogens with zero attached hydrogens (tertiary/aromatic N) is 1. The molecule has 0 saturated carbocycles. The van der Waals surface area contributed by atoms with Crippen molar-refractivity contribution in [2.75, 3.05) is 20.1 Å². The van der Waals surface area contributed by atoms with Crippen molar-refractivity contribution >= 4 is 5.91 Å². The summed E-state index contributed by atoms with van der Waals surface area (Å²) in [6.07, 6.45) is 1.56. The molecule has 2 atom stereocenters. The van der Waals surface area contributed by atoms with E-state index < -0.39 is 0 Å². The van der Waals surface area contributed by atoms with E-state index in [0.717, 1.165) is 12.8 Å². The van der Waals surface area contributed by atoms with Gasteiger partial charge in [-0.05, 0) is 19.8 Å². The number of piperidine rings is 1. The van der Waals surface area contributed by atoms with E-state index in [9.17, 15) is 9.90 Å². The lowest BCUT2D eigenvalue weighted by atomic mass is 10.0. The molecule has 1 rings (SSSR count). The van der Waals surface area contributed by atoms with Crippen molar-refractivity contribution in [3.63, 3.8) is 0 Å². The van der Waals surface area contributed by atoms with Gasteiger partial charge in [0.15, 0.2) is 0 Å². The summed E-state index contributed by atoms with van der Waals surface area (Å²) in [5.41, 5.74) is 0. The van der Waals surface area contributed by atoms with E-state index in [1.165, 1.54) is 0 Å². The zero-order chi connectivity index (χ0) is 9.84. The summed E-state index contributed by atoms with van der Waals surface area (Å²) < 4.78 is 0. The molecule has 1 heterocycles. The molecule has 2 N–H and O–H groups in total. The maximum absolute atomic E-state index is 11.1. The molecule has 0 radical (unpaired) electrons. The summed E-state index contributed by atoms with van der Waals surface area (Å²) in [7, 11) is 1.63. The Morgan fingerprint density at radius 3 is 2.92 bits per heavy atom. The third-order valence-electron chi connectivity index (χ3n) is 2.61. The van der Waals surface area contributed by atoms with Crippen LogP contribution in [0.25, 0.3) is 0 Å². The third-order valence-corrected chi connectivity index (χ3v) is 2.61. The van der Waals surface area contributed by atoms with Crippen molar-refractivity contribution in [1.82, 2.24) is 10.2 Å². The number of carbonyl (C=O) groups excluding carboxylic acids is 1. The van der Waals surface area contributed by atoms with Gasteiger partial charge < -0.3 is 10.4 Å². The fraction of sp³-hybridized carbons (Fsp3) is 0.889. The average molecular weight is 186 g/mol. The minimum absolute atomic E-state index is 0.0148. The number of aliphatic hydroxyl groups is 1. The Labute approximate surface area is 78.9 Å². The molecule has 0 aromatic heterocycles. The third kappa shape index (κ3) is 2.97. The predicted molar refractivity (Wildman–Crippen MR) is 50.3 cm³/mol.